The van der Waals surface area contributed by atoms with E-state index in [9.17, 15) is 14.7 Å². The average molecular weight is 311 g/mol. The first-order chi connectivity index (χ1) is 9.74. The Balaban J connectivity index is 2.35. The second kappa shape index (κ2) is 5.56. The topological polar surface area (TPSA) is 83.6 Å². The first-order valence-corrected chi connectivity index (χ1v) is 7.20. The quantitative estimate of drug-likeness (QED) is 0.823. The predicted molar refractivity (Wildman–Crippen MR) is 81.3 cm³/mol. The van der Waals surface area contributed by atoms with Gasteiger partial charge in [-0.05, 0) is 36.5 Å². The van der Waals surface area contributed by atoms with Crippen molar-refractivity contribution in [1.29, 1.82) is 0 Å². The first-order valence-electron chi connectivity index (χ1n) is 6.83. The molecule has 5 nitrogen and oxygen atoms in total. The number of carbonyl (C=O) groups excluding carboxylic acids is 1. The van der Waals surface area contributed by atoms with Crippen LogP contribution in [0.3, 0.4) is 0 Å². The van der Waals surface area contributed by atoms with Crippen LogP contribution in [0.4, 0.5) is 5.69 Å². The summed E-state index contributed by atoms with van der Waals surface area (Å²) in [6.07, 6.45) is 1.56. The van der Waals surface area contributed by atoms with E-state index in [4.69, 9.17) is 17.3 Å². The lowest BCUT2D eigenvalue weighted by molar-refractivity contribution is -0.148. The number of rotatable bonds is 2. The van der Waals surface area contributed by atoms with E-state index in [2.05, 4.69) is 0 Å². The Kier molecular flexibility index (Phi) is 4.14. The molecule has 0 spiro atoms. The number of hydrogen-bond donors (Lipinski definition) is 2. The minimum absolute atomic E-state index is 0.295. The highest BCUT2D eigenvalue weighted by atomic mass is 35.5. The largest absolute Gasteiger partial charge is 0.480 e. The van der Waals surface area contributed by atoms with Crippen LogP contribution < -0.4 is 5.73 Å². The molecule has 1 amide bonds. The number of amides is 1. The lowest BCUT2D eigenvalue weighted by Gasteiger charge is -2.44. The van der Waals surface area contributed by atoms with Gasteiger partial charge in [0.1, 0.15) is 6.04 Å². The predicted octanol–water partition coefficient (Wildman–Crippen LogP) is 2.64. The highest BCUT2D eigenvalue weighted by molar-refractivity contribution is 6.33. The van der Waals surface area contributed by atoms with Crippen molar-refractivity contribution in [3.05, 3.63) is 28.8 Å². The summed E-state index contributed by atoms with van der Waals surface area (Å²) < 4.78 is 0. The fraction of sp³-hybridized carbons (Fsp3) is 0.467. The van der Waals surface area contributed by atoms with Crippen LogP contribution in [-0.4, -0.2) is 34.5 Å². The van der Waals surface area contributed by atoms with E-state index in [1.165, 1.54) is 11.0 Å². The van der Waals surface area contributed by atoms with Gasteiger partial charge in [-0.1, -0.05) is 25.4 Å². The summed E-state index contributed by atoms with van der Waals surface area (Å²) in [5.41, 5.74) is 5.92. The molecule has 1 fully saturated rings. The molecule has 1 aliphatic rings. The van der Waals surface area contributed by atoms with Crippen LogP contribution in [0.15, 0.2) is 18.2 Å². The van der Waals surface area contributed by atoms with Crippen LogP contribution in [0.5, 0.6) is 0 Å². The Bertz CT molecular complexity index is 586. The summed E-state index contributed by atoms with van der Waals surface area (Å²) >= 11 is 5.94. The minimum atomic E-state index is -0.977. The Hall–Kier alpha value is -1.75. The van der Waals surface area contributed by atoms with Gasteiger partial charge in [0.15, 0.2) is 0 Å². The molecule has 0 aromatic heterocycles. The number of benzene rings is 1. The fourth-order valence-electron chi connectivity index (χ4n) is 2.91. The number of likely N-dealkylation sites (tertiary alicyclic amines) is 1. The zero-order chi connectivity index (χ0) is 15.8. The van der Waals surface area contributed by atoms with E-state index in [0.717, 1.165) is 12.8 Å². The van der Waals surface area contributed by atoms with E-state index in [-0.39, 0.29) is 5.91 Å². The number of nitrogens with two attached hydrogens (primary N) is 1. The summed E-state index contributed by atoms with van der Waals surface area (Å²) in [5, 5.41) is 9.79. The molecule has 1 unspecified atom stereocenters. The van der Waals surface area contributed by atoms with Gasteiger partial charge in [-0.15, -0.1) is 0 Å². The molecule has 1 aromatic carbocycles. The lowest BCUT2D eigenvalue weighted by Crippen LogP contribution is -2.56. The van der Waals surface area contributed by atoms with Crippen LogP contribution in [0, 0.1) is 5.41 Å². The van der Waals surface area contributed by atoms with Gasteiger partial charge in [0, 0.05) is 12.1 Å². The molecule has 3 N–H and O–H groups in total. The number of nitrogens with zero attached hydrogens (tertiary/aromatic N) is 1. The number of hydrogen-bond acceptors (Lipinski definition) is 3. The number of halogens is 1. The van der Waals surface area contributed by atoms with E-state index < -0.39 is 17.4 Å². The maximum Gasteiger partial charge on any atom is 0.326 e. The van der Waals surface area contributed by atoms with Crippen molar-refractivity contribution >= 4 is 29.2 Å². The third-order valence-corrected chi connectivity index (χ3v) is 4.34. The fourth-order valence-corrected chi connectivity index (χ4v) is 3.09. The van der Waals surface area contributed by atoms with E-state index in [1.807, 2.05) is 13.8 Å². The number of piperidine rings is 1. The number of aliphatic carboxylic acids is 1. The van der Waals surface area contributed by atoms with Gasteiger partial charge in [0.25, 0.3) is 5.91 Å². The van der Waals surface area contributed by atoms with Crippen LogP contribution >= 0.6 is 11.6 Å². The Morgan fingerprint density at radius 1 is 1.43 bits per heavy atom. The summed E-state index contributed by atoms with van der Waals surface area (Å²) in [5.74, 6) is -1.30. The Morgan fingerprint density at radius 3 is 2.67 bits per heavy atom. The van der Waals surface area contributed by atoms with Crippen molar-refractivity contribution in [3.63, 3.8) is 0 Å². The van der Waals surface area contributed by atoms with Gasteiger partial charge < -0.3 is 15.7 Å². The molecule has 1 saturated heterocycles. The molecule has 0 bridgehead atoms. The third kappa shape index (κ3) is 2.97. The van der Waals surface area contributed by atoms with Gasteiger partial charge >= 0.3 is 5.97 Å². The first kappa shape index (κ1) is 15.6. The Morgan fingerprint density at radius 2 is 2.10 bits per heavy atom. The maximum absolute atomic E-state index is 12.6. The number of carboxylic acid groups (broad SMARTS) is 1. The van der Waals surface area contributed by atoms with Gasteiger partial charge in [-0.25, -0.2) is 4.79 Å². The molecular formula is C15H19ClN2O3. The molecule has 1 aromatic rings. The molecule has 0 radical (unpaired) electrons. The number of carbonyl (C=O) groups is 2. The van der Waals surface area contributed by atoms with E-state index in [0.29, 0.717) is 22.8 Å². The van der Waals surface area contributed by atoms with E-state index >= 15 is 0 Å². The van der Waals surface area contributed by atoms with Crippen molar-refractivity contribution in [2.75, 3.05) is 12.3 Å². The highest BCUT2D eigenvalue weighted by Gasteiger charge is 2.44. The molecule has 1 aliphatic heterocycles. The van der Waals surface area contributed by atoms with Crippen LogP contribution in [0.2, 0.25) is 5.02 Å². The number of carboxylic acids is 1. The molecule has 1 heterocycles. The summed E-state index contributed by atoms with van der Waals surface area (Å²) in [7, 11) is 0. The second-order valence-electron chi connectivity index (χ2n) is 6.07. The molecule has 1 atom stereocenters. The van der Waals surface area contributed by atoms with Gasteiger partial charge in [-0.2, -0.15) is 0 Å². The molecule has 114 valence electrons. The molecule has 6 heteroatoms. The zero-order valence-corrected chi connectivity index (χ0v) is 12.9. The molecular weight excluding hydrogens is 292 g/mol. The van der Waals surface area contributed by atoms with Crippen molar-refractivity contribution < 1.29 is 14.7 Å². The van der Waals surface area contributed by atoms with Crippen molar-refractivity contribution in [2.45, 2.75) is 32.7 Å². The van der Waals surface area contributed by atoms with Crippen molar-refractivity contribution in [1.82, 2.24) is 4.90 Å². The summed E-state index contributed by atoms with van der Waals surface area (Å²) in [6, 6.07) is 3.78. The van der Waals surface area contributed by atoms with Crippen LogP contribution in [0.1, 0.15) is 37.0 Å². The van der Waals surface area contributed by atoms with Crippen molar-refractivity contribution in [3.8, 4) is 0 Å². The lowest BCUT2D eigenvalue weighted by atomic mass is 9.76. The highest BCUT2D eigenvalue weighted by Crippen LogP contribution is 2.36. The maximum atomic E-state index is 12.6. The average Bonchev–Trinajstić information content (AvgIpc) is 2.39. The third-order valence-electron chi connectivity index (χ3n) is 4.01. The zero-order valence-electron chi connectivity index (χ0n) is 12.1. The molecule has 0 saturated carbocycles. The molecule has 21 heavy (non-hydrogen) atoms. The van der Waals surface area contributed by atoms with Gasteiger partial charge in [0.05, 0.1) is 10.7 Å². The van der Waals surface area contributed by atoms with Crippen molar-refractivity contribution in [2.24, 2.45) is 5.41 Å². The monoisotopic (exact) mass is 310 g/mol. The number of anilines is 1. The summed E-state index contributed by atoms with van der Waals surface area (Å²) in [4.78, 5) is 25.7. The summed E-state index contributed by atoms with van der Waals surface area (Å²) in [6.45, 7) is 4.18. The Labute approximate surface area is 128 Å². The normalized spacial score (nSPS) is 21.1. The number of nitrogen functional groups attached to an aromatic ring is 1. The van der Waals surface area contributed by atoms with Gasteiger partial charge in [0.2, 0.25) is 0 Å². The molecule has 2 rings (SSSR count). The van der Waals surface area contributed by atoms with Gasteiger partial charge in [-0.3, -0.25) is 4.79 Å². The SMILES string of the molecule is CC1(C)CCCN(C(=O)c2ccc(N)c(Cl)c2)C1C(=O)O. The van der Waals surface area contributed by atoms with E-state index in [1.54, 1.807) is 12.1 Å². The van der Waals surface area contributed by atoms with Crippen LogP contribution in [0.25, 0.3) is 0 Å². The molecule has 0 aliphatic carbocycles. The smallest absolute Gasteiger partial charge is 0.326 e. The standard InChI is InChI=1S/C15H19ClN2O3/c1-15(2)6-3-7-18(12(15)14(20)21)13(19)9-4-5-11(17)10(16)8-9/h4-5,8,12H,3,6-7,17H2,1-2H3,(H,20,21). The second-order valence-corrected chi connectivity index (χ2v) is 6.47. The van der Waals surface area contributed by atoms with Crippen LogP contribution in [-0.2, 0) is 4.79 Å². The minimum Gasteiger partial charge on any atom is -0.480 e.